The summed E-state index contributed by atoms with van der Waals surface area (Å²) in [6, 6.07) is 9.26. The van der Waals surface area contributed by atoms with Gasteiger partial charge < -0.3 is 0 Å². The summed E-state index contributed by atoms with van der Waals surface area (Å²) in [5.41, 5.74) is 16.7. The summed E-state index contributed by atoms with van der Waals surface area (Å²) in [5, 5.41) is 2.88. The quantitative estimate of drug-likeness (QED) is 0.288. The predicted octanol–water partition coefficient (Wildman–Crippen LogP) is 11.4. The normalized spacial score (nSPS) is 27.1. The molecule has 3 unspecified atom stereocenters. The molecule has 50 heavy (non-hydrogen) atoms. The topological polar surface area (TPSA) is 0 Å². The molecule has 8 aliphatic rings. The summed E-state index contributed by atoms with van der Waals surface area (Å²) in [5.74, 6) is 1.48. The third kappa shape index (κ3) is 6.15. The summed E-state index contributed by atoms with van der Waals surface area (Å²) < 4.78 is 0. The highest BCUT2D eigenvalue weighted by atomic mass is 14.4. The molecule has 0 saturated heterocycles. The Balaban J connectivity index is 0.989. The summed E-state index contributed by atoms with van der Waals surface area (Å²) >= 11 is 0. The van der Waals surface area contributed by atoms with E-state index >= 15 is 0 Å². The Labute approximate surface area is 298 Å². The third-order valence-corrected chi connectivity index (χ3v) is 12.3. The SMILES string of the molecule is C1=CCCC(C2=CC=C(C3=c4ccccc4=C(C4=CC=C(C=CC5=CC=C(C6=CC=C7C=CCCC7C6)CC5)CC4)C4C=CC=CC34)CC2)=C1. The van der Waals surface area contributed by atoms with E-state index in [1.807, 2.05) is 0 Å². The van der Waals surface area contributed by atoms with Gasteiger partial charge in [0, 0.05) is 11.8 Å². The van der Waals surface area contributed by atoms with Crippen LogP contribution in [0.3, 0.4) is 0 Å². The van der Waals surface area contributed by atoms with Crippen LogP contribution in [0.15, 0.2) is 190 Å². The molecule has 9 rings (SSSR count). The molecule has 1 aromatic rings. The lowest BCUT2D eigenvalue weighted by Crippen LogP contribution is -2.40. The molecule has 0 radical (unpaired) electrons. The first-order chi connectivity index (χ1) is 24.8. The van der Waals surface area contributed by atoms with E-state index in [1.54, 1.807) is 16.7 Å². The molecule has 0 saturated carbocycles. The van der Waals surface area contributed by atoms with Crippen LogP contribution in [0.2, 0.25) is 0 Å². The molecule has 0 aliphatic heterocycles. The zero-order valence-corrected chi connectivity index (χ0v) is 29.3. The Bertz CT molecular complexity index is 2170. The molecule has 0 fully saturated rings. The number of fused-ring (bicyclic) bond motifs is 3. The molecular weight excluding hydrogens is 601 g/mol. The molecule has 0 heterocycles. The average molecular weight is 649 g/mol. The average Bonchev–Trinajstić information content (AvgIpc) is 3.20. The van der Waals surface area contributed by atoms with Gasteiger partial charge in [-0.3, -0.25) is 0 Å². The van der Waals surface area contributed by atoms with Crippen molar-refractivity contribution < 1.29 is 0 Å². The minimum absolute atomic E-state index is 0.378. The molecule has 0 nitrogen and oxygen atoms in total. The Morgan fingerprint density at radius 1 is 0.480 bits per heavy atom. The molecule has 0 spiro atoms. The van der Waals surface area contributed by atoms with E-state index in [4.69, 9.17) is 0 Å². The maximum Gasteiger partial charge on any atom is 0.0134 e. The molecule has 0 N–H and O–H groups in total. The lowest BCUT2D eigenvalue weighted by Gasteiger charge is -2.36. The van der Waals surface area contributed by atoms with Crippen LogP contribution >= 0.6 is 0 Å². The molecule has 248 valence electrons. The van der Waals surface area contributed by atoms with E-state index in [0.717, 1.165) is 44.4 Å². The van der Waals surface area contributed by atoms with Crippen LogP contribution in [0.1, 0.15) is 70.6 Å². The monoisotopic (exact) mass is 648 g/mol. The Morgan fingerprint density at radius 3 is 1.68 bits per heavy atom. The molecule has 1 aromatic carbocycles. The minimum Gasteiger partial charge on any atom is -0.0842 e. The van der Waals surface area contributed by atoms with Gasteiger partial charge in [-0.1, -0.05) is 140 Å². The fraction of sp³-hybridized carbons (Fsp3) is 0.280. The summed E-state index contributed by atoms with van der Waals surface area (Å²) in [6.07, 6.45) is 57.8. The molecule has 0 amide bonds. The van der Waals surface area contributed by atoms with Crippen molar-refractivity contribution in [1.82, 2.24) is 0 Å². The maximum atomic E-state index is 2.47. The van der Waals surface area contributed by atoms with E-state index in [-0.39, 0.29) is 0 Å². The lowest BCUT2D eigenvalue weighted by atomic mass is 9.68. The molecule has 0 aromatic heterocycles. The summed E-state index contributed by atoms with van der Waals surface area (Å²) in [6.45, 7) is 0. The van der Waals surface area contributed by atoms with Gasteiger partial charge in [0.2, 0.25) is 0 Å². The first-order valence-electron chi connectivity index (χ1n) is 19.3. The van der Waals surface area contributed by atoms with E-state index in [1.165, 1.54) is 87.1 Å². The Hall–Kier alpha value is -4.68. The zero-order chi connectivity index (χ0) is 33.3. The van der Waals surface area contributed by atoms with Crippen molar-refractivity contribution in [3.63, 3.8) is 0 Å². The minimum atomic E-state index is 0.378. The Morgan fingerprint density at radius 2 is 1.06 bits per heavy atom. The van der Waals surface area contributed by atoms with Crippen molar-refractivity contribution >= 4 is 11.1 Å². The van der Waals surface area contributed by atoms with Crippen LogP contribution in [-0.4, -0.2) is 0 Å². The fourth-order valence-corrected chi connectivity index (χ4v) is 9.53. The third-order valence-electron chi connectivity index (χ3n) is 12.3. The number of hydrogen-bond acceptors (Lipinski definition) is 0. The molecular formula is C50H48. The second-order valence-corrected chi connectivity index (χ2v) is 15.2. The van der Waals surface area contributed by atoms with Gasteiger partial charge in [0.05, 0.1) is 0 Å². The van der Waals surface area contributed by atoms with Gasteiger partial charge in [0.1, 0.15) is 0 Å². The summed E-state index contributed by atoms with van der Waals surface area (Å²) in [4.78, 5) is 0. The second-order valence-electron chi connectivity index (χ2n) is 15.2. The Kier molecular flexibility index (Phi) is 8.71. The highest BCUT2D eigenvalue weighted by Gasteiger charge is 2.33. The van der Waals surface area contributed by atoms with Crippen LogP contribution in [0.4, 0.5) is 0 Å². The second kappa shape index (κ2) is 13.9. The highest BCUT2D eigenvalue weighted by Crippen LogP contribution is 2.44. The van der Waals surface area contributed by atoms with Crippen molar-refractivity contribution in [2.45, 2.75) is 70.6 Å². The van der Waals surface area contributed by atoms with Gasteiger partial charge in [-0.2, -0.15) is 0 Å². The highest BCUT2D eigenvalue weighted by molar-refractivity contribution is 5.81. The van der Waals surface area contributed by atoms with Crippen molar-refractivity contribution in [2.75, 3.05) is 0 Å². The van der Waals surface area contributed by atoms with Crippen molar-refractivity contribution in [2.24, 2.45) is 17.8 Å². The van der Waals surface area contributed by atoms with Crippen molar-refractivity contribution in [3.05, 3.63) is 200 Å². The van der Waals surface area contributed by atoms with Crippen LogP contribution in [0.25, 0.3) is 11.1 Å². The van der Waals surface area contributed by atoms with Crippen LogP contribution in [0.5, 0.6) is 0 Å². The van der Waals surface area contributed by atoms with Gasteiger partial charge >= 0.3 is 0 Å². The summed E-state index contributed by atoms with van der Waals surface area (Å²) in [7, 11) is 0. The predicted molar refractivity (Wildman–Crippen MR) is 212 cm³/mol. The number of benzene rings is 1. The number of hydrogen-bond donors (Lipinski definition) is 0. The van der Waals surface area contributed by atoms with E-state index < -0.39 is 0 Å². The van der Waals surface area contributed by atoms with Crippen LogP contribution < -0.4 is 10.4 Å². The first-order valence-corrected chi connectivity index (χ1v) is 19.3. The van der Waals surface area contributed by atoms with Gasteiger partial charge in [-0.05, 0) is 148 Å². The number of allylic oxidation sites excluding steroid dienone is 28. The zero-order valence-electron chi connectivity index (χ0n) is 29.3. The van der Waals surface area contributed by atoms with E-state index in [2.05, 4.69) is 140 Å². The largest absolute Gasteiger partial charge is 0.0842 e. The molecule has 0 heteroatoms. The molecule has 8 aliphatic carbocycles. The maximum absolute atomic E-state index is 2.47. The number of rotatable bonds is 6. The molecule has 0 bridgehead atoms. The smallest absolute Gasteiger partial charge is 0.0134 e. The van der Waals surface area contributed by atoms with Crippen molar-refractivity contribution in [1.29, 1.82) is 0 Å². The van der Waals surface area contributed by atoms with E-state index in [9.17, 15) is 0 Å². The van der Waals surface area contributed by atoms with Gasteiger partial charge in [-0.15, -0.1) is 0 Å². The van der Waals surface area contributed by atoms with E-state index in [0.29, 0.717) is 11.8 Å². The standard InChI is InChI=1S/C50H48/c1-2-10-37(11-3-1)39-28-31-42(32-29-39)50-47-16-8-6-14-45(47)49(46-15-7-9-17-48(46)50)41-26-22-36(23-27-41)19-18-35-20-24-40(25-21-35)44-33-30-38-12-4-5-13-43(38)34-44/h1-2,4,6-10,12,14-20,22,24,26,28,30-31,33,43,45,47H,3,5,11,13,21,23,25,27,29,32,34H2. The van der Waals surface area contributed by atoms with Crippen LogP contribution in [0, 0.1) is 17.8 Å². The fourth-order valence-electron chi connectivity index (χ4n) is 9.53. The van der Waals surface area contributed by atoms with Crippen molar-refractivity contribution in [3.8, 4) is 0 Å². The van der Waals surface area contributed by atoms with Gasteiger partial charge in [0.25, 0.3) is 0 Å². The first kappa shape index (κ1) is 31.3. The lowest BCUT2D eigenvalue weighted by molar-refractivity contribution is 0.552. The van der Waals surface area contributed by atoms with Gasteiger partial charge in [0.15, 0.2) is 0 Å². The van der Waals surface area contributed by atoms with Crippen LogP contribution in [-0.2, 0) is 0 Å². The van der Waals surface area contributed by atoms with Gasteiger partial charge in [-0.25, -0.2) is 0 Å². The molecule has 3 atom stereocenters.